The lowest BCUT2D eigenvalue weighted by Crippen LogP contribution is -2.53. The monoisotopic (exact) mass is 414 g/mol. The van der Waals surface area contributed by atoms with Crippen molar-refractivity contribution >= 4 is 23.2 Å². The first-order valence-electron chi connectivity index (χ1n) is 8.43. The number of alkyl halides is 6. The number of nitrogens with one attached hydrogen (secondary N) is 2. The number of carbonyl (C=O) groups is 2. The molecule has 0 fully saturated rings. The second-order valence-electron chi connectivity index (χ2n) is 7.08. The van der Waals surface area contributed by atoms with Gasteiger partial charge in [0, 0.05) is 11.4 Å². The van der Waals surface area contributed by atoms with Crippen molar-refractivity contribution in [3.8, 4) is 0 Å². The molecule has 2 heterocycles. The van der Waals surface area contributed by atoms with Gasteiger partial charge in [-0.15, -0.1) is 0 Å². The third-order valence-corrected chi connectivity index (χ3v) is 5.22. The van der Waals surface area contributed by atoms with Crippen molar-refractivity contribution < 1.29 is 35.9 Å². The molecule has 0 saturated carbocycles. The summed E-state index contributed by atoms with van der Waals surface area (Å²) in [5, 5.41) is 4.77. The maximum absolute atomic E-state index is 13.0. The molecule has 0 aliphatic carbocycles. The van der Waals surface area contributed by atoms with E-state index in [1.165, 1.54) is 0 Å². The van der Waals surface area contributed by atoms with Crippen molar-refractivity contribution in [3.63, 3.8) is 0 Å². The molecule has 0 saturated heterocycles. The molecule has 10 heteroatoms. The van der Waals surface area contributed by atoms with E-state index >= 15 is 0 Å². The van der Waals surface area contributed by atoms with Gasteiger partial charge in [-0.25, -0.2) is 0 Å². The highest BCUT2D eigenvalue weighted by Gasteiger charge is 2.52. The van der Waals surface area contributed by atoms with Gasteiger partial charge in [0.25, 0.3) is 0 Å². The lowest BCUT2D eigenvalue weighted by atomic mass is 9.70. The summed E-state index contributed by atoms with van der Waals surface area (Å²) in [7, 11) is 0. The Hall–Kier alpha value is -3.04. The van der Waals surface area contributed by atoms with E-state index in [4.69, 9.17) is 0 Å². The summed E-state index contributed by atoms with van der Waals surface area (Å²) in [6.45, 7) is 0. The van der Waals surface area contributed by atoms with Crippen LogP contribution in [0, 0.1) is 5.41 Å². The first-order chi connectivity index (χ1) is 13.4. The molecule has 0 bridgehead atoms. The van der Waals surface area contributed by atoms with Gasteiger partial charge < -0.3 is 10.6 Å². The van der Waals surface area contributed by atoms with Gasteiger partial charge in [0.05, 0.1) is 11.1 Å². The van der Waals surface area contributed by atoms with Crippen LogP contribution in [-0.4, -0.2) is 11.8 Å². The molecule has 2 N–H and O–H groups in total. The van der Waals surface area contributed by atoms with Gasteiger partial charge in [0.1, 0.15) is 5.41 Å². The van der Waals surface area contributed by atoms with E-state index in [0.29, 0.717) is 5.56 Å². The molecular formula is C19H12F6N2O2. The van der Waals surface area contributed by atoms with E-state index in [0.717, 1.165) is 36.4 Å². The average Bonchev–Trinajstić information content (AvgIpc) is 2.61. The van der Waals surface area contributed by atoms with E-state index in [1.807, 2.05) is 0 Å². The van der Waals surface area contributed by atoms with Crippen LogP contribution in [0.2, 0.25) is 0 Å². The van der Waals surface area contributed by atoms with Crippen LogP contribution < -0.4 is 10.6 Å². The zero-order valence-corrected chi connectivity index (χ0v) is 14.5. The van der Waals surface area contributed by atoms with Crippen molar-refractivity contribution in [2.24, 2.45) is 5.41 Å². The number of amides is 2. The van der Waals surface area contributed by atoms with Crippen LogP contribution in [0.3, 0.4) is 0 Å². The quantitative estimate of drug-likeness (QED) is 0.496. The van der Waals surface area contributed by atoms with Gasteiger partial charge in [0.15, 0.2) is 0 Å². The summed E-state index contributed by atoms with van der Waals surface area (Å²) in [4.78, 5) is 25.4. The van der Waals surface area contributed by atoms with Crippen molar-refractivity contribution in [1.29, 1.82) is 0 Å². The summed E-state index contributed by atoms with van der Waals surface area (Å²) in [5.74, 6) is -1.57. The molecule has 1 atom stereocenters. The normalized spacial score (nSPS) is 21.3. The fourth-order valence-corrected chi connectivity index (χ4v) is 3.68. The largest absolute Gasteiger partial charge is 0.416 e. The fourth-order valence-electron chi connectivity index (χ4n) is 3.68. The van der Waals surface area contributed by atoms with Crippen LogP contribution >= 0.6 is 0 Å². The Bertz CT molecular complexity index is 1040. The molecule has 4 rings (SSSR count). The minimum atomic E-state index is -4.61. The molecule has 0 aromatic heterocycles. The highest BCUT2D eigenvalue weighted by atomic mass is 19.4. The molecular weight excluding hydrogens is 402 g/mol. The highest BCUT2D eigenvalue weighted by molar-refractivity contribution is 6.18. The minimum Gasteiger partial charge on any atom is -0.325 e. The van der Waals surface area contributed by atoms with E-state index in [1.54, 1.807) is 0 Å². The topological polar surface area (TPSA) is 58.2 Å². The fraction of sp³-hybridized carbons (Fsp3) is 0.263. The predicted molar refractivity (Wildman–Crippen MR) is 90.0 cm³/mol. The minimum absolute atomic E-state index is 0.0712. The van der Waals surface area contributed by atoms with Crippen LogP contribution in [-0.2, 0) is 34.8 Å². The van der Waals surface area contributed by atoms with Crippen molar-refractivity contribution in [3.05, 3.63) is 58.7 Å². The molecule has 1 spiro atoms. The number of benzene rings is 2. The van der Waals surface area contributed by atoms with Gasteiger partial charge in [-0.2, -0.15) is 26.3 Å². The molecule has 2 aliphatic heterocycles. The third-order valence-electron chi connectivity index (χ3n) is 5.22. The second kappa shape index (κ2) is 5.98. The molecule has 1 unspecified atom stereocenters. The predicted octanol–water partition coefficient (Wildman–Crippen LogP) is 4.40. The maximum Gasteiger partial charge on any atom is 0.416 e. The number of carbonyl (C=O) groups excluding carboxylic acids is 2. The zero-order chi connectivity index (χ0) is 21.2. The number of hydrogen-bond donors (Lipinski definition) is 2. The molecule has 152 valence electrons. The Morgan fingerprint density at radius 1 is 0.690 bits per heavy atom. The second-order valence-corrected chi connectivity index (χ2v) is 7.08. The van der Waals surface area contributed by atoms with Crippen LogP contribution in [0.4, 0.5) is 37.7 Å². The summed E-state index contributed by atoms with van der Waals surface area (Å²) in [6, 6.07) is 5.58. The lowest BCUT2D eigenvalue weighted by Gasteiger charge is -2.39. The van der Waals surface area contributed by atoms with Gasteiger partial charge in [0.2, 0.25) is 11.8 Å². The summed E-state index contributed by atoms with van der Waals surface area (Å²) < 4.78 is 77.7. The number of halogens is 6. The molecule has 2 aliphatic rings. The Balaban J connectivity index is 1.74. The van der Waals surface area contributed by atoms with E-state index in [2.05, 4.69) is 10.6 Å². The van der Waals surface area contributed by atoms with Crippen LogP contribution in [0.15, 0.2) is 36.4 Å². The van der Waals surface area contributed by atoms with Crippen molar-refractivity contribution in [2.75, 3.05) is 10.6 Å². The highest BCUT2D eigenvalue weighted by Crippen LogP contribution is 2.44. The number of fused-ring (bicyclic) bond motifs is 2. The lowest BCUT2D eigenvalue weighted by molar-refractivity contribution is -0.139. The van der Waals surface area contributed by atoms with Crippen molar-refractivity contribution in [2.45, 2.75) is 25.2 Å². The van der Waals surface area contributed by atoms with Crippen molar-refractivity contribution in [1.82, 2.24) is 0 Å². The van der Waals surface area contributed by atoms with Gasteiger partial charge >= 0.3 is 12.4 Å². The zero-order valence-electron chi connectivity index (χ0n) is 14.5. The molecule has 29 heavy (non-hydrogen) atoms. The first kappa shape index (κ1) is 19.3. The van der Waals surface area contributed by atoms with Crippen LogP contribution in [0.25, 0.3) is 0 Å². The third kappa shape index (κ3) is 3.12. The Morgan fingerprint density at radius 3 is 1.83 bits per heavy atom. The van der Waals surface area contributed by atoms with E-state index in [-0.39, 0.29) is 29.8 Å². The number of anilines is 2. The maximum atomic E-state index is 13.0. The molecule has 2 amide bonds. The summed E-state index contributed by atoms with van der Waals surface area (Å²) in [5.41, 5.74) is -3.11. The van der Waals surface area contributed by atoms with E-state index in [9.17, 15) is 35.9 Å². The Kier molecular flexibility index (Phi) is 3.97. The molecule has 0 radical (unpaired) electrons. The molecule has 2 aromatic rings. The summed E-state index contributed by atoms with van der Waals surface area (Å²) >= 11 is 0. The van der Waals surface area contributed by atoms with Gasteiger partial charge in [-0.3, -0.25) is 9.59 Å². The standard InChI is InChI=1S/C19H12F6N2O2/c20-18(21,22)11-3-4-13-10(5-11)8-17(15(28)26-13)7-9-1-2-12(19(23,24)25)6-14(9)27-16(17)29/h1-6H,7-8H2,(H,26,28)(H,27,29). The number of hydrogen-bond acceptors (Lipinski definition) is 2. The Morgan fingerprint density at radius 2 is 1.21 bits per heavy atom. The summed E-state index contributed by atoms with van der Waals surface area (Å²) in [6.07, 6.45) is -9.73. The molecule has 4 nitrogen and oxygen atoms in total. The van der Waals surface area contributed by atoms with Gasteiger partial charge in [-0.1, -0.05) is 6.07 Å². The average molecular weight is 414 g/mol. The smallest absolute Gasteiger partial charge is 0.325 e. The molecule has 2 aromatic carbocycles. The van der Waals surface area contributed by atoms with Crippen LogP contribution in [0.1, 0.15) is 22.3 Å². The van der Waals surface area contributed by atoms with E-state index < -0.39 is 40.7 Å². The Labute approximate surface area is 159 Å². The number of rotatable bonds is 0. The SMILES string of the molecule is O=C1Nc2ccc(C(F)(F)F)cc2CC12Cc1ccc(C(F)(F)F)cc1NC2=O. The van der Waals surface area contributed by atoms with Crippen LogP contribution in [0.5, 0.6) is 0 Å². The van der Waals surface area contributed by atoms with Gasteiger partial charge in [-0.05, 0) is 54.3 Å². The first-order valence-corrected chi connectivity index (χ1v) is 8.43.